The molecule has 146 valence electrons. The molecule has 4 rings (SSSR count). The van der Waals surface area contributed by atoms with Gasteiger partial charge in [0.05, 0.1) is 12.0 Å². The van der Waals surface area contributed by atoms with E-state index in [-0.39, 0.29) is 23.0 Å². The maximum absolute atomic E-state index is 13.0. The predicted molar refractivity (Wildman–Crippen MR) is 104 cm³/mol. The van der Waals surface area contributed by atoms with E-state index in [4.69, 9.17) is 9.15 Å². The van der Waals surface area contributed by atoms with E-state index < -0.39 is 0 Å². The van der Waals surface area contributed by atoms with Crippen molar-refractivity contribution in [2.24, 2.45) is 0 Å². The van der Waals surface area contributed by atoms with Gasteiger partial charge >= 0.3 is 0 Å². The molecule has 0 aliphatic carbocycles. The van der Waals surface area contributed by atoms with Crippen LogP contribution in [-0.4, -0.2) is 47.2 Å². The highest BCUT2D eigenvalue weighted by Crippen LogP contribution is 2.27. The summed E-state index contributed by atoms with van der Waals surface area (Å²) in [7, 11) is 1.68. The highest BCUT2D eigenvalue weighted by molar-refractivity contribution is 5.93. The summed E-state index contributed by atoms with van der Waals surface area (Å²) >= 11 is 0. The topological polar surface area (TPSA) is 77.6 Å². The number of hydrogen-bond acceptors (Lipinski definition) is 5. The SMILES string of the molecule is COCCn1ccnc1C1CCCN(C(=O)c2cc(=O)c3ccccc3o2)C1. The lowest BCUT2D eigenvalue weighted by atomic mass is 9.97. The Balaban J connectivity index is 1.56. The lowest BCUT2D eigenvalue weighted by Gasteiger charge is -2.32. The third-order valence-electron chi connectivity index (χ3n) is 5.20. The molecule has 1 amide bonds. The summed E-state index contributed by atoms with van der Waals surface area (Å²) in [6.45, 7) is 2.54. The van der Waals surface area contributed by atoms with E-state index in [2.05, 4.69) is 9.55 Å². The first kappa shape index (κ1) is 18.4. The molecule has 1 aromatic carbocycles. The van der Waals surface area contributed by atoms with Gasteiger partial charge < -0.3 is 18.6 Å². The van der Waals surface area contributed by atoms with E-state index in [0.29, 0.717) is 30.7 Å². The van der Waals surface area contributed by atoms with Crippen LogP contribution >= 0.6 is 0 Å². The molecule has 1 saturated heterocycles. The van der Waals surface area contributed by atoms with Crippen molar-refractivity contribution in [2.75, 3.05) is 26.8 Å². The fraction of sp³-hybridized carbons (Fsp3) is 0.381. The number of imidazole rings is 1. The predicted octanol–water partition coefficient (Wildman–Crippen LogP) is 2.66. The number of benzene rings is 1. The van der Waals surface area contributed by atoms with Crippen LogP contribution < -0.4 is 5.43 Å². The van der Waals surface area contributed by atoms with Crippen molar-refractivity contribution >= 4 is 16.9 Å². The first-order valence-electron chi connectivity index (χ1n) is 9.49. The molecule has 1 aliphatic rings. The fourth-order valence-electron chi connectivity index (χ4n) is 3.80. The Morgan fingerprint density at radius 1 is 1.36 bits per heavy atom. The first-order chi connectivity index (χ1) is 13.7. The van der Waals surface area contributed by atoms with Crippen LogP contribution in [0.25, 0.3) is 11.0 Å². The highest BCUT2D eigenvalue weighted by Gasteiger charge is 2.29. The number of carbonyl (C=O) groups is 1. The number of methoxy groups -OCH3 is 1. The molecule has 0 radical (unpaired) electrons. The minimum atomic E-state index is -0.248. The molecular formula is C21H23N3O4. The van der Waals surface area contributed by atoms with Gasteiger partial charge in [0.2, 0.25) is 0 Å². The van der Waals surface area contributed by atoms with E-state index in [1.165, 1.54) is 6.07 Å². The molecule has 28 heavy (non-hydrogen) atoms. The number of likely N-dealkylation sites (tertiary alicyclic amines) is 1. The lowest BCUT2D eigenvalue weighted by Crippen LogP contribution is -2.40. The summed E-state index contributed by atoms with van der Waals surface area (Å²) in [5.41, 5.74) is 0.232. The maximum atomic E-state index is 13.0. The van der Waals surface area contributed by atoms with E-state index in [0.717, 1.165) is 25.2 Å². The molecule has 2 aromatic heterocycles. The van der Waals surface area contributed by atoms with Crippen LogP contribution in [0.5, 0.6) is 0 Å². The number of aromatic nitrogens is 2. The van der Waals surface area contributed by atoms with Gasteiger partial charge in [-0.05, 0) is 25.0 Å². The molecule has 1 fully saturated rings. The molecule has 1 unspecified atom stereocenters. The van der Waals surface area contributed by atoms with Crippen molar-refractivity contribution in [2.45, 2.75) is 25.3 Å². The van der Waals surface area contributed by atoms with Gasteiger partial charge in [-0.15, -0.1) is 0 Å². The van der Waals surface area contributed by atoms with E-state index in [9.17, 15) is 9.59 Å². The summed E-state index contributed by atoms with van der Waals surface area (Å²) in [6.07, 6.45) is 5.58. The molecule has 0 spiro atoms. The Morgan fingerprint density at radius 2 is 2.21 bits per heavy atom. The number of para-hydroxylation sites is 1. The van der Waals surface area contributed by atoms with Gasteiger partial charge in [-0.3, -0.25) is 9.59 Å². The number of hydrogen-bond donors (Lipinski definition) is 0. The van der Waals surface area contributed by atoms with Crippen molar-refractivity contribution in [3.8, 4) is 0 Å². The normalized spacial score (nSPS) is 17.2. The molecule has 1 aliphatic heterocycles. The lowest BCUT2D eigenvalue weighted by molar-refractivity contribution is 0.0671. The molecule has 3 aromatic rings. The minimum absolute atomic E-state index is 0.0899. The van der Waals surface area contributed by atoms with Crippen molar-refractivity contribution in [1.29, 1.82) is 0 Å². The third kappa shape index (κ3) is 3.57. The second-order valence-corrected chi connectivity index (χ2v) is 7.03. The Bertz CT molecular complexity index is 1040. The Hall–Kier alpha value is -2.93. The zero-order valence-electron chi connectivity index (χ0n) is 15.8. The van der Waals surface area contributed by atoms with Gasteiger partial charge in [-0.1, -0.05) is 12.1 Å². The van der Waals surface area contributed by atoms with Crippen LogP contribution in [0, 0.1) is 0 Å². The third-order valence-corrected chi connectivity index (χ3v) is 5.20. The summed E-state index contributed by atoms with van der Waals surface area (Å²) in [5.74, 6) is 0.959. The van der Waals surface area contributed by atoms with Crippen molar-refractivity contribution in [3.05, 3.63) is 64.5 Å². The van der Waals surface area contributed by atoms with Crippen LogP contribution in [0.2, 0.25) is 0 Å². The summed E-state index contributed by atoms with van der Waals surface area (Å²) in [6, 6.07) is 8.27. The van der Waals surface area contributed by atoms with E-state index >= 15 is 0 Å². The van der Waals surface area contributed by atoms with Gasteiger partial charge in [0.25, 0.3) is 5.91 Å². The van der Waals surface area contributed by atoms with Crippen LogP contribution in [0.15, 0.2) is 51.9 Å². The Labute approximate surface area is 162 Å². The molecule has 0 bridgehead atoms. The second-order valence-electron chi connectivity index (χ2n) is 7.03. The monoisotopic (exact) mass is 381 g/mol. The average Bonchev–Trinajstić information content (AvgIpc) is 3.20. The summed E-state index contributed by atoms with van der Waals surface area (Å²) < 4.78 is 13.0. The van der Waals surface area contributed by atoms with Crippen LogP contribution in [-0.2, 0) is 11.3 Å². The largest absolute Gasteiger partial charge is 0.451 e. The fourth-order valence-corrected chi connectivity index (χ4v) is 3.80. The van der Waals surface area contributed by atoms with Gasteiger partial charge in [-0.25, -0.2) is 4.98 Å². The van der Waals surface area contributed by atoms with Crippen molar-refractivity contribution < 1.29 is 13.9 Å². The molecule has 7 nitrogen and oxygen atoms in total. The number of fused-ring (bicyclic) bond motifs is 1. The second kappa shape index (κ2) is 7.98. The number of amides is 1. The van der Waals surface area contributed by atoms with E-state index in [1.807, 2.05) is 6.20 Å². The molecule has 0 N–H and O–H groups in total. The Morgan fingerprint density at radius 3 is 3.07 bits per heavy atom. The minimum Gasteiger partial charge on any atom is -0.451 e. The number of carbonyl (C=O) groups excluding carboxylic acids is 1. The number of rotatable bonds is 5. The molecule has 7 heteroatoms. The number of ether oxygens (including phenoxy) is 1. The number of nitrogens with zero attached hydrogens (tertiary/aromatic N) is 3. The van der Waals surface area contributed by atoms with Gasteiger partial charge in [0.15, 0.2) is 11.2 Å². The maximum Gasteiger partial charge on any atom is 0.289 e. The van der Waals surface area contributed by atoms with Gasteiger partial charge in [-0.2, -0.15) is 0 Å². The van der Waals surface area contributed by atoms with Crippen molar-refractivity contribution in [1.82, 2.24) is 14.5 Å². The standard InChI is InChI=1S/C21H23N3O4/c1-27-12-11-23-10-8-22-20(23)15-5-4-9-24(14-15)21(26)19-13-17(25)16-6-2-3-7-18(16)28-19/h2-3,6-8,10,13,15H,4-5,9,11-12,14H2,1H3. The molecule has 1 atom stereocenters. The quantitative estimate of drug-likeness (QED) is 0.679. The summed E-state index contributed by atoms with van der Waals surface area (Å²) in [5, 5.41) is 0.482. The van der Waals surface area contributed by atoms with Crippen molar-refractivity contribution in [3.63, 3.8) is 0 Å². The summed E-state index contributed by atoms with van der Waals surface area (Å²) in [4.78, 5) is 31.6. The highest BCUT2D eigenvalue weighted by atomic mass is 16.5. The number of piperidine rings is 1. The van der Waals surface area contributed by atoms with Crippen LogP contribution in [0.3, 0.4) is 0 Å². The van der Waals surface area contributed by atoms with Crippen LogP contribution in [0.1, 0.15) is 35.1 Å². The first-order valence-corrected chi connectivity index (χ1v) is 9.49. The smallest absolute Gasteiger partial charge is 0.289 e. The van der Waals surface area contributed by atoms with E-state index in [1.54, 1.807) is 42.5 Å². The zero-order valence-corrected chi connectivity index (χ0v) is 15.8. The van der Waals surface area contributed by atoms with Gasteiger partial charge in [0.1, 0.15) is 11.4 Å². The Kier molecular flexibility index (Phi) is 5.25. The average molecular weight is 381 g/mol. The van der Waals surface area contributed by atoms with Crippen LogP contribution in [0.4, 0.5) is 0 Å². The van der Waals surface area contributed by atoms with Gasteiger partial charge in [0, 0.05) is 51.1 Å². The molecular weight excluding hydrogens is 358 g/mol. The molecule has 3 heterocycles. The zero-order chi connectivity index (χ0) is 19.5. The molecule has 0 saturated carbocycles.